The maximum atomic E-state index is 14.6. The van der Waals surface area contributed by atoms with Crippen molar-refractivity contribution in [2.24, 2.45) is 21.8 Å². The van der Waals surface area contributed by atoms with E-state index in [2.05, 4.69) is 34.2 Å². The molecular formula is C18H37FN6OS2. The summed E-state index contributed by atoms with van der Waals surface area (Å²) in [5, 5.41) is 21.7. The Morgan fingerprint density at radius 3 is 2.54 bits per heavy atom. The molecule has 0 fully saturated rings. The molecule has 0 bridgehead atoms. The van der Waals surface area contributed by atoms with Gasteiger partial charge in [0.05, 0.1) is 6.61 Å². The average Bonchev–Trinajstić information content (AvgIpc) is 2.72. The molecule has 28 heavy (non-hydrogen) atoms. The summed E-state index contributed by atoms with van der Waals surface area (Å²) in [4.78, 5) is 4.46. The van der Waals surface area contributed by atoms with Gasteiger partial charge in [-0.3, -0.25) is 10.1 Å². The first kappa shape index (κ1) is 27.2. The number of aliphatic hydroxyl groups is 1. The van der Waals surface area contributed by atoms with Crippen LogP contribution in [-0.2, 0) is 0 Å². The molecule has 0 heterocycles. The summed E-state index contributed by atoms with van der Waals surface area (Å²) < 4.78 is 17.5. The molecule has 0 saturated heterocycles. The fourth-order valence-corrected chi connectivity index (χ4v) is 3.04. The Labute approximate surface area is 177 Å². The zero-order chi connectivity index (χ0) is 21.4. The van der Waals surface area contributed by atoms with E-state index in [1.807, 2.05) is 0 Å². The lowest BCUT2D eigenvalue weighted by molar-refractivity contribution is 0.245. The number of unbranched alkanes of at least 4 members (excludes halogenated alkanes) is 1. The van der Waals surface area contributed by atoms with E-state index >= 15 is 0 Å². The number of amidine groups is 1. The van der Waals surface area contributed by atoms with Crippen molar-refractivity contribution >= 4 is 29.1 Å². The van der Waals surface area contributed by atoms with Crippen molar-refractivity contribution in [1.29, 1.82) is 0 Å². The summed E-state index contributed by atoms with van der Waals surface area (Å²) in [7, 11) is 1.62. The number of allylic oxidation sites excluding steroid dienone is 4. The summed E-state index contributed by atoms with van der Waals surface area (Å²) in [5.74, 6) is -0.0498. The molecule has 0 radical (unpaired) electrons. The Morgan fingerprint density at radius 1 is 1.32 bits per heavy atom. The molecule has 0 aliphatic heterocycles. The van der Waals surface area contributed by atoms with E-state index in [9.17, 15) is 4.39 Å². The summed E-state index contributed by atoms with van der Waals surface area (Å²) in [6, 6.07) is -0.0483. The van der Waals surface area contributed by atoms with Crippen LogP contribution >= 0.6 is 23.9 Å². The van der Waals surface area contributed by atoms with Gasteiger partial charge in [-0.2, -0.15) is 0 Å². The van der Waals surface area contributed by atoms with Crippen LogP contribution in [0.2, 0.25) is 0 Å². The Morgan fingerprint density at radius 2 is 2.00 bits per heavy atom. The van der Waals surface area contributed by atoms with Gasteiger partial charge in [0.1, 0.15) is 5.83 Å². The number of hydrogen-bond donors (Lipinski definition) is 6. The lowest BCUT2D eigenvalue weighted by atomic mass is 10.0. The smallest absolute Gasteiger partial charge is 0.181 e. The standard InChI is InChI=1S/C18H37FN6OS2/c1-5-13(2)17(24-9-7-6-8-23-15(11-20)12-26)10-16(19)14(3)28-25-18(22-4)27-21/h10,13,15,23-24,26H,5-9,11-12,20-21H2,1-4H3,(H,22,25)/b16-14-,17-10+/t13?,15-/m1/s1. The van der Waals surface area contributed by atoms with Gasteiger partial charge in [-0.25, -0.2) is 4.39 Å². The van der Waals surface area contributed by atoms with Gasteiger partial charge in [0.25, 0.3) is 0 Å². The summed E-state index contributed by atoms with van der Waals surface area (Å²) >= 11 is 2.14. The van der Waals surface area contributed by atoms with Crippen molar-refractivity contribution in [2.75, 3.05) is 33.3 Å². The molecule has 0 aromatic heterocycles. The molecule has 0 aliphatic rings. The molecule has 164 valence electrons. The largest absolute Gasteiger partial charge is 0.395 e. The molecule has 0 amide bonds. The SMILES string of the molecule is CCC(C)/C(=C\C(F)=C(/C)SNC(=NC)SN)NCCCCN[C@H](CN)CO. The third-order valence-electron chi connectivity index (χ3n) is 4.24. The number of nitrogens with zero attached hydrogens (tertiary/aromatic N) is 1. The fourth-order valence-electron chi connectivity index (χ4n) is 2.13. The van der Waals surface area contributed by atoms with E-state index in [4.69, 9.17) is 16.0 Å². The fraction of sp³-hybridized carbons (Fsp3) is 0.722. The number of aliphatic hydroxyl groups excluding tert-OH is 1. The number of nitrogens with two attached hydrogens (primary N) is 2. The van der Waals surface area contributed by atoms with Gasteiger partial charge in [0, 0.05) is 36.8 Å². The van der Waals surface area contributed by atoms with Crippen molar-refractivity contribution in [3.8, 4) is 0 Å². The van der Waals surface area contributed by atoms with Gasteiger partial charge in [0.2, 0.25) is 0 Å². The molecular weight excluding hydrogens is 399 g/mol. The minimum Gasteiger partial charge on any atom is -0.395 e. The molecule has 0 rings (SSSR count). The van der Waals surface area contributed by atoms with Crippen LogP contribution in [0.3, 0.4) is 0 Å². The molecule has 0 saturated carbocycles. The molecule has 7 nitrogen and oxygen atoms in total. The second kappa shape index (κ2) is 17.1. The molecule has 2 atom stereocenters. The van der Waals surface area contributed by atoms with Crippen LogP contribution in [0.25, 0.3) is 0 Å². The second-order valence-corrected chi connectivity index (χ2v) is 8.01. The summed E-state index contributed by atoms with van der Waals surface area (Å²) in [6.45, 7) is 7.90. The molecule has 10 heteroatoms. The lowest BCUT2D eigenvalue weighted by Crippen LogP contribution is -2.39. The summed E-state index contributed by atoms with van der Waals surface area (Å²) in [6.07, 6.45) is 4.38. The van der Waals surface area contributed by atoms with Crippen molar-refractivity contribution in [3.05, 3.63) is 22.5 Å². The molecule has 0 aromatic rings. The Bertz CT molecular complexity index is 512. The number of nitrogens with one attached hydrogen (secondary N) is 3. The van der Waals surface area contributed by atoms with Gasteiger partial charge >= 0.3 is 0 Å². The maximum Gasteiger partial charge on any atom is 0.181 e. The zero-order valence-electron chi connectivity index (χ0n) is 17.4. The molecule has 1 unspecified atom stereocenters. The highest BCUT2D eigenvalue weighted by Crippen LogP contribution is 2.22. The van der Waals surface area contributed by atoms with Crippen molar-refractivity contribution in [2.45, 2.75) is 46.1 Å². The first-order valence-electron chi connectivity index (χ1n) is 9.55. The Kier molecular flexibility index (Phi) is 16.6. The average molecular weight is 437 g/mol. The molecule has 0 aromatic carbocycles. The summed E-state index contributed by atoms with van der Waals surface area (Å²) in [5.41, 5.74) is 6.42. The predicted molar refractivity (Wildman–Crippen MR) is 122 cm³/mol. The van der Waals surface area contributed by atoms with Gasteiger partial charge in [-0.05, 0) is 68.6 Å². The van der Waals surface area contributed by atoms with Crippen molar-refractivity contribution in [1.82, 2.24) is 15.4 Å². The number of halogens is 1. The Balaban J connectivity index is 4.64. The van der Waals surface area contributed by atoms with Crippen LogP contribution < -0.4 is 26.2 Å². The number of rotatable bonds is 14. The van der Waals surface area contributed by atoms with Gasteiger partial charge in [-0.1, -0.05) is 13.8 Å². The van der Waals surface area contributed by atoms with Crippen LogP contribution in [0.15, 0.2) is 27.5 Å². The van der Waals surface area contributed by atoms with Crippen LogP contribution in [0.4, 0.5) is 4.39 Å². The first-order valence-corrected chi connectivity index (χ1v) is 11.2. The van der Waals surface area contributed by atoms with Crippen LogP contribution in [0, 0.1) is 5.92 Å². The van der Waals surface area contributed by atoms with Gasteiger partial charge < -0.3 is 26.2 Å². The quantitative estimate of drug-likeness (QED) is 0.0806. The van der Waals surface area contributed by atoms with E-state index in [-0.39, 0.29) is 24.4 Å². The third-order valence-corrected chi connectivity index (χ3v) is 5.67. The highest BCUT2D eigenvalue weighted by Gasteiger charge is 2.10. The van der Waals surface area contributed by atoms with Gasteiger partial charge in [-0.15, -0.1) is 0 Å². The van der Waals surface area contributed by atoms with Crippen LogP contribution in [-0.4, -0.2) is 49.6 Å². The zero-order valence-corrected chi connectivity index (χ0v) is 19.1. The van der Waals surface area contributed by atoms with Crippen molar-refractivity contribution in [3.63, 3.8) is 0 Å². The van der Waals surface area contributed by atoms with E-state index in [1.165, 1.54) is 0 Å². The number of aliphatic imine (C=N–C) groups is 1. The van der Waals surface area contributed by atoms with E-state index in [1.54, 1.807) is 20.0 Å². The Hall–Kier alpha value is -0.780. The van der Waals surface area contributed by atoms with Crippen molar-refractivity contribution < 1.29 is 9.50 Å². The lowest BCUT2D eigenvalue weighted by Gasteiger charge is -2.18. The number of hydrogen-bond acceptors (Lipinski definition) is 8. The van der Waals surface area contributed by atoms with E-state index < -0.39 is 0 Å². The molecule has 0 spiro atoms. The predicted octanol–water partition coefficient (Wildman–Crippen LogP) is 2.23. The van der Waals surface area contributed by atoms with Crippen LogP contribution in [0.5, 0.6) is 0 Å². The third kappa shape index (κ3) is 11.9. The van der Waals surface area contributed by atoms with Gasteiger partial charge in [0.15, 0.2) is 5.17 Å². The first-order chi connectivity index (χ1) is 13.4. The normalized spacial score (nSPS) is 15.9. The monoisotopic (exact) mass is 436 g/mol. The second-order valence-electron chi connectivity index (χ2n) is 6.37. The van der Waals surface area contributed by atoms with E-state index in [0.717, 1.165) is 61.9 Å². The van der Waals surface area contributed by atoms with E-state index in [0.29, 0.717) is 16.6 Å². The maximum absolute atomic E-state index is 14.6. The molecule has 8 N–H and O–H groups in total. The highest BCUT2D eigenvalue weighted by molar-refractivity contribution is 8.14. The molecule has 0 aliphatic carbocycles. The van der Waals surface area contributed by atoms with Crippen LogP contribution in [0.1, 0.15) is 40.0 Å². The topological polar surface area (TPSA) is 121 Å². The minimum absolute atomic E-state index is 0.0447. The minimum atomic E-state index is -0.284. The highest BCUT2D eigenvalue weighted by atomic mass is 32.2.